The monoisotopic (exact) mass is 1120 g/mol. The molecule has 1 aliphatic rings. The summed E-state index contributed by atoms with van der Waals surface area (Å²) in [7, 11) is 0. The van der Waals surface area contributed by atoms with Crippen molar-refractivity contribution >= 4 is 70.8 Å². The summed E-state index contributed by atoms with van der Waals surface area (Å²) in [4.78, 5) is 59.4. The van der Waals surface area contributed by atoms with Crippen LogP contribution in [0.25, 0.3) is 0 Å². The fraction of sp³-hybridized carbons (Fsp3) is 0.533. The average molecular weight is 1120 g/mol. The Balaban J connectivity index is 2.01. The van der Waals surface area contributed by atoms with Crippen molar-refractivity contribution in [1.82, 2.24) is 10.6 Å². The predicted octanol–water partition coefficient (Wildman–Crippen LogP) is 14.3. The molecule has 2 N–H and O–H groups in total. The minimum Gasteiger partial charge on any atom is -0.481 e. The molecule has 0 aromatic heterocycles. The number of hydrogen-bond acceptors (Lipinski definition) is 14. The highest BCUT2D eigenvalue weighted by atomic mass is 32.2. The van der Waals surface area contributed by atoms with E-state index in [-0.39, 0.29) is 73.1 Å². The molecule has 0 radical (unpaired) electrons. The van der Waals surface area contributed by atoms with Crippen molar-refractivity contribution in [3.63, 3.8) is 0 Å². The maximum Gasteiger partial charge on any atom is 0.344 e. The first-order valence-corrected chi connectivity index (χ1v) is 29.7. The van der Waals surface area contributed by atoms with Gasteiger partial charge in [0.25, 0.3) is 11.8 Å². The smallest absolute Gasteiger partial charge is 0.344 e. The van der Waals surface area contributed by atoms with E-state index in [9.17, 15) is 19.2 Å². The fourth-order valence-corrected chi connectivity index (χ4v) is 12.3. The van der Waals surface area contributed by atoms with Gasteiger partial charge in [0.15, 0.2) is 26.4 Å². The number of carbonyl (C=O) groups excluding carboxylic acids is 4. The maximum absolute atomic E-state index is 13.6. The van der Waals surface area contributed by atoms with Crippen LogP contribution >= 0.6 is 47.0 Å². The predicted molar refractivity (Wildman–Crippen MR) is 308 cm³/mol. The Bertz CT molecular complexity index is 2420. The van der Waals surface area contributed by atoms with Crippen molar-refractivity contribution in [3.8, 4) is 23.0 Å². The Kier molecular flexibility index (Phi) is 22.3. The molecule has 1 heterocycles. The quantitative estimate of drug-likeness (QED) is 0.0562. The molecule has 0 unspecified atom stereocenters. The van der Waals surface area contributed by atoms with Gasteiger partial charge in [0.2, 0.25) is 0 Å². The third-order valence-electron chi connectivity index (χ3n) is 12.1. The Morgan fingerprint density at radius 2 is 0.605 bits per heavy atom. The lowest BCUT2D eigenvalue weighted by molar-refractivity contribution is -0.146. The number of rotatable bonds is 20. The largest absolute Gasteiger partial charge is 0.481 e. The van der Waals surface area contributed by atoms with Crippen LogP contribution in [-0.4, -0.2) is 76.5 Å². The molecule has 76 heavy (non-hydrogen) atoms. The van der Waals surface area contributed by atoms with Gasteiger partial charge < -0.3 is 39.1 Å². The van der Waals surface area contributed by atoms with Crippen molar-refractivity contribution in [2.24, 2.45) is 0 Å². The van der Waals surface area contributed by atoms with Gasteiger partial charge in [-0.25, -0.2) is 9.59 Å². The van der Waals surface area contributed by atoms with Gasteiger partial charge in [-0.05, 0) is 119 Å². The van der Waals surface area contributed by atoms with Gasteiger partial charge in [-0.3, -0.25) is 9.59 Å². The summed E-state index contributed by atoms with van der Waals surface area (Å²) >= 11 is 5.71. The number of esters is 2. The molecule has 0 saturated carbocycles. The molecule has 4 aromatic carbocycles. The van der Waals surface area contributed by atoms with Crippen LogP contribution in [0.4, 0.5) is 0 Å². The third kappa shape index (κ3) is 17.7. The first-order valence-electron chi connectivity index (χ1n) is 26.5. The van der Waals surface area contributed by atoms with Crippen molar-refractivity contribution in [2.45, 2.75) is 197 Å². The Hall–Kier alpha value is -4.64. The molecular weight excluding hydrogens is 1040 g/mol. The van der Waals surface area contributed by atoms with Crippen molar-refractivity contribution in [1.29, 1.82) is 0 Å². The van der Waals surface area contributed by atoms with E-state index in [0.717, 1.165) is 47.9 Å². The average Bonchev–Trinajstić information content (AvgIpc) is 3.31. The highest BCUT2D eigenvalue weighted by molar-refractivity contribution is 8.01. The zero-order valence-corrected chi connectivity index (χ0v) is 51.1. The molecule has 4 aromatic rings. The molecule has 416 valence electrons. The summed E-state index contributed by atoms with van der Waals surface area (Å²) in [6.45, 7) is 33.7. The molecule has 0 spiro atoms. The van der Waals surface area contributed by atoms with E-state index in [1.165, 1.54) is 47.0 Å². The molecule has 0 fully saturated rings. The van der Waals surface area contributed by atoms with Gasteiger partial charge in [-0.15, -0.1) is 0 Å². The van der Waals surface area contributed by atoms with Gasteiger partial charge in [0, 0.05) is 13.1 Å². The van der Waals surface area contributed by atoms with E-state index in [0.29, 0.717) is 75.3 Å². The third-order valence-corrected chi connectivity index (χ3v) is 16.3. The molecule has 5 rings (SSSR count). The summed E-state index contributed by atoms with van der Waals surface area (Å²) in [5.41, 5.74) is 2.51. The van der Waals surface area contributed by atoms with Crippen LogP contribution in [0.1, 0.15) is 159 Å². The van der Waals surface area contributed by atoms with Crippen molar-refractivity contribution in [2.75, 3.05) is 52.7 Å². The number of hydrogen-bond donors (Lipinski definition) is 2. The van der Waals surface area contributed by atoms with Crippen LogP contribution in [0, 0.1) is 0 Å². The van der Waals surface area contributed by atoms with E-state index < -0.39 is 11.9 Å². The second-order valence-electron chi connectivity index (χ2n) is 22.8. The summed E-state index contributed by atoms with van der Waals surface area (Å²) in [6, 6.07) is 16.8. The SMILES string of the molecule is CCCCNC(=O)COc1c2cc(C(C)(C)C)cc1Sc1cc(C(C)(C)C)cc(c1OCC(=O)OCC)Sc1cc(C(C)(C)C)cc(c1OCC(=O)NCCCC)Sc1cc(C(C)(C)C)cc(c1OCC(=O)OCC)S2. The highest BCUT2D eigenvalue weighted by Gasteiger charge is 2.31. The van der Waals surface area contributed by atoms with Gasteiger partial charge in [0.05, 0.1) is 52.4 Å². The van der Waals surface area contributed by atoms with Crippen LogP contribution in [0.3, 0.4) is 0 Å². The van der Waals surface area contributed by atoms with Crippen LogP contribution in [0.5, 0.6) is 23.0 Å². The van der Waals surface area contributed by atoms with E-state index in [1.54, 1.807) is 13.8 Å². The Labute approximate surface area is 470 Å². The van der Waals surface area contributed by atoms with Crippen LogP contribution in [0.15, 0.2) is 87.7 Å². The summed E-state index contributed by atoms with van der Waals surface area (Å²) in [5.74, 6) is 0.253. The molecule has 12 nitrogen and oxygen atoms in total. The highest BCUT2D eigenvalue weighted by Crippen LogP contribution is 2.56. The van der Waals surface area contributed by atoms with Crippen molar-refractivity contribution < 1.29 is 47.6 Å². The van der Waals surface area contributed by atoms with Gasteiger partial charge in [0.1, 0.15) is 23.0 Å². The second-order valence-corrected chi connectivity index (χ2v) is 27.1. The zero-order chi connectivity index (χ0) is 56.2. The first-order chi connectivity index (χ1) is 35.7. The topological polar surface area (TPSA) is 148 Å². The molecule has 2 amide bonds. The zero-order valence-electron chi connectivity index (χ0n) is 47.8. The van der Waals surface area contributed by atoms with E-state index in [2.05, 4.69) is 156 Å². The summed E-state index contributed by atoms with van der Waals surface area (Å²) in [5, 5.41) is 6.03. The number of ether oxygens (including phenoxy) is 6. The molecule has 1 aliphatic heterocycles. The van der Waals surface area contributed by atoms with Gasteiger partial charge in [-0.2, -0.15) is 0 Å². The lowest BCUT2D eigenvalue weighted by atomic mass is 9.87. The Morgan fingerprint density at radius 1 is 0.382 bits per heavy atom. The van der Waals surface area contributed by atoms with Crippen LogP contribution in [0.2, 0.25) is 0 Å². The number of unbranched alkanes of at least 4 members (excludes halogenated alkanes) is 2. The summed E-state index contributed by atoms with van der Waals surface area (Å²) in [6.07, 6.45) is 3.51. The Morgan fingerprint density at radius 3 is 0.803 bits per heavy atom. The molecule has 0 saturated heterocycles. The molecule has 16 heteroatoms. The normalized spacial score (nSPS) is 12.8. The van der Waals surface area contributed by atoms with E-state index in [4.69, 9.17) is 28.4 Å². The molecular formula is C60H82N2O10S4. The van der Waals surface area contributed by atoms with Gasteiger partial charge >= 0.3 is 11.9 Å². The van der Waals surface area contributed by atoms with Crippen molar-refractivity contribution in [3.05, 3.63) is 70.8 Å². The minimum atomic E-state index is -0.522. The van der Waals surface area contributed by atoms with Gasteiger partial charge in [-0.1, -0.05) is 157 Å². The lowest BCUT2D eigenvalue weighted by Crippen LogP contribution is -2.29. The maximum atomic E-state index is 13.6. The number of benzene rings is 4. The van der Waals surface area contributed by atoms with E-state index >= 15 is 0 Å². The number of amides is 2. The first kappa shape index (κ1) is 62.2. The minimum absolute atomic E-state index is 0.183. The number of nitrogens with one attached hydrogen (secondary N) is 2. The van der Waals surface area contributed by atoms with Crippen LogP contribution < -0.4 is 29.6 Å². The lowest BCUT2D eigenvalue weighted by Gasteiger charge is -2.28. The fourth-order valence-electron chi connectivity index (χ4n) is 7.54. The second kappa shape index (κ2) is 27.3. The molecule has 0 aliphatic carbocycles. The number of fused-ring (bicyclic) bond motifs is 8. The summed E-state index contributed by atoms with van der Waals surface area (Å²) < 4.78 is 37.8. The number of carbonyl (C=O) groups is 4. The molecule has 8 bridgehead atoms. The van der Waals surface area contributed by atoms with E-state index in [1.807, 2.05) is 0 Å². The standard InChI is InChI=1S/C60H82N2O10S4/c1-17-21-23-61-49(63)33-69-53-41-25-37(57(5,6)7)26-42(53)74-46-30-40(60(14,15)16)32-48(56(46)72-36-52(66)68-20-4)76-44-28-38(58(8,9)10)27-43(54(44)70-34-50(64)62-24-22-18-2)75-47-31-39(59(11,12)13)29-45(73-41)55(47)71-35-51(65)67-19-3/h25-32H,17-24,33-36H2,1-16H3,(H,61,63)(H,62,64). The van der Waals surface area contributed by atoms with Crippen LogP contribution in [-0.2, 0) is 50.3 Å². The molecule has 0 atom stereocenters.